The van der Waals surface area contributed by atoms with E-state index in [1.54, 1.807) is 0 Å². The second-order valence-electron chi connectivity index (χ2n) is 2.85. The van der Waals surface area contributed by atoms with Crippen molar-refractivity contribution in [3.8, 4) is 0 Å². The van der Waals surface area contributed by atoms with Gasteiger partial charge in [-0.25, -0.2) is 0 Å². The Balaban J connectivity index is 0.00000169. The van der Waals surface area contributed by atoms with Crippen molar-refractivity contribution in [2.24, 2.45) is 11.5 Å². The molecule has 14 heavy (non-hydrogen) atoms. The molecule has 1 aromatic rings. The van der Waals surface area contributed by atoms with E-state index in [1.165, 1.54) is 0 Å². The topological polar surface area (TPSA) is 52.0 Å². The van der Waals surface area contributed by atoms with Crippen LogP contribution in [0.5, 0.6) is 0 Å². The van der Waals surface area contributed by atoms with E-state index in [4.69, 9.17) is 23.1 Å². The summed E-state index contributed by atoms with van der Waals surface area (Å²) in [6.07, 6.45) is 0.763. The van der Waals surface area contributed by atoms with Crippen LogP contribution in [-0.4, -0.2) is 6.54 Å². The predicted molar refractivity (Wildman–Crippen MR) is 67.0 cm³/mol. The van der Waals surface area contributed by atoms with Gasteiger partial charge >= 0.3 is 0 Å². The Hall–Kier alpha value is 0.200. The van der Waals surface area contributed by atoms with E-state index in [2.05, 4.69) is 15.9 Å². The van der Waals surface area contributed by atoms with Crippen molar-refractivity contribution in [2.45, 2.75) is 12.5 Å². The summed E-state index contributed by atoms with van der Waals surface area (Å²) in [5, 5.41) is 0.700. The molecule has 0 bridgehead atoms. The van der Waals surface area contributed by atoms with Gasteiger partial charge in [-0.1, -0.05) is 27.5 Å². The van der Waals surface area contributed by atoms with Crippen molar-refractivity contribution in [3.63, 3.8) is 0 Å². The second kappa shape index (κ2) is 6.64. The largest absolute Gasteiger partial charge is 0.330 e. The van der Waals surface area contributed by atoms with Crippen molar-refractivity contribution < 1.29 is 0 Å². The van der Waals surface area contributed by atoms with Crippen LogP contribution in [0.1, 0.15) is 18.0 Å². The quantitative estimate of drug-likeness (QED) is 0.902. The zero-order chi connectivity index (χ0) is 9.84. The fourth-order valence-corrected chi connectivity index (χ4v) is 1.86. The molecule has 0 aliphatic carbocycles. The molecule has 0 heterocycles. The van der Waals surface area contributed by atoms with Gasteiger partial charge in [0.15, 0.2) is 0 Å². The van der Waals surface area contributed by atoms with Crippen molar-refractivity contribution >= 4 is 39.9 Å². The highest BCUT2D eigenvalue weighted by Crippen LogP contribution is 2.26. The lowest BCUT2D eigenvalue weighted by atomic mass is 10.1. The molecule has 0 saturated carbocycles. The Labute approximate surface area is 104 Å². The molecule has 1 atom stereocenters. The normalized spacial score (nSPS) is 12.0. The summed E-state index contributed by atoms with van der Waals surface area (Å²) in [5.41, 5.74) is 12.3. The van der Waals surface area contributed by atoms with E-state index in [9.17, 15) is 0 Å². The van der Waals surface area contributed by atoms with Crippen molar-refractivity contribution in [1.82, 2.24) is 0 Å². The molecule has 0 aliphatic rings. The Morgan fingerprint density at radius 2 is 2.07 bits per heavy atom. The van der Waals surface area contributed by atoms with Crippen LogP contribution in [0.15, 0.2) is 22.7 Å². The van der Waals surface area contributed by atoms with Gasteiger partial charge in [-0.15, -0.1) is 12.4 Å². The summed E-state index contributed by atoms with van der Waals surface area (Å²) in [4.78, 5) is 0. The van der Waals surface area contributed by atoms with Crippen LogP contribution in [0.25, 0.3) is 0 Å². The van der Waals surface area contributed by atoms with Crippen LogP contribution in [-0.2, 0) is 0 Å². The smallest absolute Gasteiger partial charge is 0.0410 e. The summed E-state index contributed by atoms with van der Waals surface area (Å²) in [5.74, 6) is 0. The molecule has 1 aromatic carbocycles. The monoisotopic (exact) mass is 298 g/mol. The lowest BCUT2D eigenvalue weighted by Gasteiger charge is -2.12. The highest BCUT2D eigenvalue weighted by molar-refractivity contribution is 9.10. The van der Waals surface area contributed by atoms with E-state index >= 15 is 0 Å². The number of halogens is 3. The molecule has 1 rings (SSSR count). The summed E-state index contributed by atoms with van der Waals surface area (Å²) >= 11 is 9.27. The zero-order valence-electron chi connectivity index (χ0n) is 7.54. The molecule has 4 N–H and O–H groups in total. The zero-order valence-corrected chi connectivity index (χ0v) is 10.7. The van der Waals surface area contributed by atoms with Gasteiger partial charge in [-0.3, -0.25) is 0 Å². The molecule has 0 saturated heterocycles. The first-order valence-corrected chi connectivity index (χ1v) is 5.23. The first kappa shape index (κ1) is 14.2. The summed E-state index contributed by atoms with van der Waals surface area (Å²) in [7, 11) is 0. The molecular formula is C9H13BrCl2N2. The predicted octanol–water partition coefficient (Wildman–Crippen LogP) is 2.87. The third kappa shape index (κ3) is 3.75. The van der Waals surface area contributed by atoms with Crippen molar-refractivity contribution in [2.75, 3.05) is 6.54 Å². The van der Waals surface area contributed by atoms with Crippen LogP contribution in [0.4, 0.5) is 0 Å². The van der Waals surface area contributed by atoms with E-state index in [1.807, 2.05) is 18.2 Å². The fourth-order valence-electron chi connectivity index (χ4n) is 1.13. The maximum Gasteiger partial charge on any atom is 0.0410 e. The Morgan fingerprint density at radius 1 is 1.43 bits per heavy atom. The van der Waals surface area contributed by atoms with Crippen LogP contribution in [0.3, 0.4) is 0 Å². The van der Waals surface area contributed by atoms with Crippen LogP contribution < -0.4 is 11.5 Å². The van der Waals surface area contributed by atoms with Crippen molar-refractivity contribution in [1.29, 1.82) is 0 Å². The molecule has 0 amide bonds. The third-order valence-electron chi connectivity index (χ3n) is 1.84. The summed E-state index contributed by atoms with van der Waals surface area (Å²) in [6.45, 7) is 0.583. The minimum atomic E-state index is -0.0434. The van der Waals surface area contributed by atoms with Crippen LogP contribution in [0.2, 0.25) is 5.02 Å². The van der Waals surface area contributed by atoms with E-state index in [-0.39, 0.29) is 18.4 Å². The second-order valence-corrected chi connectivity index (χ2v) is 4.14. The standard InChI is InChI=1S/C9H12BrClN2.ClH/c10-8-2-1-6(11)5-7(8)9(13)3-4-12;/h1-2,5,9H,3-4,12-13H2;1H/t9-;/m1./s1. The molecule has 0 aliphatic heterocycles. The Bertz CT molecular complexity index is 294. The summed E-state index contributed by atoms with van der Waals surface area (Å²) < 4.78 is 0.984. The number of hydrogen-bond acceptors (Lipinski definition) is 2. The molecule has 0 radical (unpaired) electrons. The number of nitrogens with two attached hydrogens (primary N) is 2. The molecule has 80 valence electrons. The third-order valence-corrected chi connectivity index (χ3v) is 2.79. The first-order valence-electron chi connectivity index (χ1n) is 4.05. The molecular weight excluding hydrogens is 287 g/mol. The van der Waals surface area contributed by atoms with Gasteiger partial charge in [0.05, 0.1) is 0 Å². The van der Waals surface area contributed by atoms with Crippen LogP contribution in [0, 0.1) is 0 Å². The average Bonchev–Trinajstić information content (AvgIpc) is 2.09. The van der Waals surface area contributed by atoms with E-state index in [0.29, 0.717) is 11.6 Å². The molecule has 0 unspecified atom stereocenters. The molecule has 0 fully saturated rings. The molecule has 0 spiro atoms. The Kier molecular flexibility index (Phi) is 6.74. The minimum absolute atomic E-state index is 0. The highest BCUT2D eigenvalue weighted by Gasteiger charge is 2.09. The van der Waals surface area contributed by atoms with Gasteiger partial charge in [0.25, 0.3) is 0 Å². The average molecular weight is 300 g/mol. The van der Waals surface area contributed by atoms with Crippen LogP contribution >= 0.6 is 39.9 Å². The van der Waals surface area contributed by atoms with Gasteiger partial charge < -0.3 is 11.5 Å². The molecule has 2 nitrogen and oxygen atoms in total. The van der Waals surface area contributed by atoms with E-state index < -0.39 is 0 Å². The van der Waals surface area contributed by atoms with Gasteiger partial charge in [0, 0.05) is 15.5 Å². The fraction of sp³-hybridized carbons (Fsp3) is 0.333. The Morgan fingerprint density at radius 3 is 2.64 bits per heavy atom. The molecule has 5 heteroatoms. The highest BCUT2D eigenvalue weighted by atomic mass is 79.9. The number of benzene rings is 1. The minimum Gasteiger partial charge on any atom is -0.330 e. The van der Waals surface area contributed by atoms with Gasteiger partial charge in [-0.05, 0) is 36.7 Å². The molecule has 0 aromatic heterocycles. The van der Waals surface area contributed by atoms with E-state index in [0.717, 1.165) is 16.5 Å². The summed E-state index contributed by atoms with van der Waals surface area (Å²) in [6, 6.07) is 5.54. The maximum absolute atomic E-state index is 5.91. The lowest BCUT2D eigenvalue weighted by Crippen LogP contribution is -2.15. The lowest BCUT2D eigenvalue weighted by molar-refractivity contribution is 0.659. The maximum atomic E-state index is 5.91. The van der Waals surface area contributed by atoms with Gasteiger partial charge in [0.1, 0.15) is 0 Å². The van der Waals surface area contributed by atoms with Gasteiger partial charge in [0.2, 0.25) is 0 Å². The SMILES string of the molecule is Cl.NCC[C@@H](N)c1cc(Cl)ccc1Br. The first-order chi connectivity index (χ1) is 6.15. The van der Waals surface area contributed by atoms with Gasteiger partial charge in [-0.2, -0.15) is 0 Å². The number of hydrogen-bond donors (Lipinski definition) is 2. The van der Waals surface area contributed by atoms with Crippen molar-refractivity contribution in [3.05, 3.63) is 33.3 Å². The number of rotatable bonds is 3.